The van der Waals surface area contributed by atoms with Gasteiger partial charge in [0.1, 0.15) is 0 Å². The molecule has 4 nitrogen and oxygen atoms in total. The minimum atomic E-state index is -0.00717. The van der Waals surface area contributed by atoms with Gasteiger partial charge in [-0.2, -0.15) is 0 Å². The van der Waals surface area contributed by atoms with Crippen molar-refractivity contribution in [1.29, 1.82) is 0 Å². The van der Waals surface area contributed by atoms with Crippen molar-refractivity contribution in [2.45, 2.75) is 20.3 Å². The highest BCUT2D eigenvalue weighted by atomic mass is 16.5. The Morgan fingerprint density at radius 1 is 1.42 bits per heavy atom. The third kappa shape index (κ3) is 4.24. The zero-order valence-electron chi connectivity index (χ0n) is 11.6. The minimum absolute atomic E-state index is 0.00717. The number of amides is 1. The van der Waals surface area contributed by atoms with E-state index in [0.717, 1.165) is 37.6 Å². The van der Waals surface area contributed by atoms with E-state index in [2.05, 4.69) is 10.6 Å². The van der Waals surface area contributed by atoms with Gasteiger partial charge in [0.25, 0.3) is 0 Å². The first-order valence-electron chi connectivity index (χ1n) is 6.87. The largest absolute Gasteiger partial charge is 0.385 e. The molecule has 1 fully saturated rings. The molecule has 1 aliphatic heterocycles. The van der Waals surface area contributed by atoms with Crippen LogP contribution in [0.3, 0.4) is 0 Å². The number of carbonyl (C=O) groups excluding carboxylic acids is 1. The summed E-state index contributed by atoms with van der Waals surface area (Å²) in [7, 11) is 0. The summed E-state index contributed by atoms with van der Waals surface area (Å²) < 4.78 is 5.35. The van der Waals surface area contributed by atoms with E-state index in [0.29, 0.717) is 5.92 Å². The van der Waals surface area contributed by atoms with Crippen LogP contribution in [0.5, 0.6) is 0 Å². The molecule has 1 amide bonds. The summed E-state index contributed by atoms with van der Waals surface area (Å²) in [5.41, 5.74) is 1.87. The minimum Gasteiger partial charge on any atom is -0.385 e. The molecule has 1 unspecified atom stereocenters. The van der Waals surface area contributed by atoms with E-state index in [-0.39, 0.29) is 11.8 Å². The number of rotatable bonds is 5. The third-order valence-electron chi connectivity index (χ3n) is 3.27. The lowest BCUT2D eigenvalue weighted by molar-refractivity contribution is -0.118. The summed E-state index contributed by atoms with van der Waals surface area (Å²) in [6.07, 6.45) is 1.12. The van der Waals surface area contributed by atoms with Gasteiger partial charge in [0.15, 0.2) is 0 Å². The molecule has 1 atom stereocenters. The molecule has 0 saturated carbocycles. The smallest absolute Gasteiger partial charge is 0.226 e. The fourth-order valence-corrected chi connectivity index (χ4v) is 2.00. The summed E-state index contributed by atoms with van der Waals surface area (Å²) in [5.74, 6) is 0.627. The molecule has 19 heavy (non-hydrogen) atoms. The number of anilines is 2. The van der Waals surface area contributed by atoms with Crippen LogP contribution in [-0.4, -0.2) is 25.7 Å². The first kappa shape index (κ1) is 13.9. The Balaban J connectivity index is 1.89. The second-order valence-corrected chi connectivity index (χ2v) is 5.34. The van der Waals surface area contributed by atoms with Gasteiger partial charge in [-0.1, -0.05) is 19.9 Å². The van der Waals surface area contributed by atoms with Gasteiger partial charge in [0, 0.05) is 36.4 Å². The maximum atomic E-state index is 11.6. The number of hydrogen-bond donors (Lipinski definition) is 2. The van der Waals surface area contributed by atoms with Crippen LogP contribution in [0.15, 0.2) is 24.3 Å². The quantitative estimate of drug-likeness (QED) is 0.858. The van der Waals surface area contributed by atoms with Crippen LogP contribution in [0.25, 0.3) is 0 Å². The SMILES string of the molecule is CC(C)C(=O)Nc1cccc(NCC2CCOC2)c1. The van der Waals surface area contributed by atoms with Crippen molar-refractivity contribution in [2.24, 2.45) is 11.8 Å². The second-order valence-electron chi connectivity index (χ2n) is 5.34. The van der Waals surface area contributed by atoms with Gasteiger partial charge in [-0.25, -0.2) is 0 Å². The van der Waals surface area contributed by atoms with E-state index in [9.17, 15) is 4.79 Å². The van der Waals surface area contributed by atoms with Crippen LogP contribution in [0.2, 0.25) is 0 Å². The first-order valence-corrected chi connectivity index (χ1v) is 6.87. The van der Waals surface area contributed by atoms with Gasteiger partial charge in [-0.15, -0.1) is 0 Å². The van der Waals surface area contributed by atoms with Crippen molar-refractivity contribution in [3.8, 4) is 0 Å². The Labute approximate surface area is 114 Å². The average molecular weight is 262 g/mol. The summed E-state index contributed by atoms with van der Waals surface area (Å²) in [5, 5.41) is 6.30. The Morgan fingerprint density at radius 3 is 2.89 bits per heavy atom. The van der Waals surface area contributed by atoms with Gasteiger partial charge < -0.3 is 15.4 Å². The van der Waals surface area contributed by atoms with Crippen LogP contribution in [0.1, 0.15) is 20.3 Å². The number of nitrogens with one attached hydrogen (secondary N) is 2. The van der Waals surface area contributed by atoms with Crippen molar-refractivity contribution >= 4 is 17.3 Å². The van der Waals surface area contributed by atoms with Gasteiger partial charge in [0.05, 0.1) is 6.61 Å². The molecule has 1 heterocycles. The topological polar surface area (TPSA) is 50.4 Å². The fourth-order valence-electron chi connectivity index (χ4n) is 2.00. The molecule has 1 aliphatic rings. The number of ether oxygens (including phenoxy) is 1. The highest BCUT2D eigenvalue weighted by Gasteiger charge is 2.15. The normalized spacial score (nSPS) is 18.6. The molecule has 2 N–H and O–H groups in total. The van der Waals surface area contributed by atoms with Gasteiger partial charge in [-0.3, -0.25) is 4.79 Å². The summed E-state index contributed by atoms with van der Waals surface area (Å²) in [6.45, 7) is 6.41. The predicted molar refractivity (Wildman–Crippen MR) is 77.3 cm³/mol. The molecule has 0 spiro atoms. The van der Waals surface area contributed by atoms with Crippen LogP contribution in [0, 0.1) is 11.8 Å². The van der Waals surface area contributed by atoms with E-state index >= 15 is 0 Å². The van der Waals surface area contributed by atoms with Crippen molar-refractivity contribution in [3.05, 3.63) is 24.3 Å². The molecular formula is C15H22N2O2. The van der Waals surface area contributed by atoms with Crippen molar-refractivity contribution < 1.29 is 9.53 Å². The van der Waals surface area contributed by atoms with E-state index in [4.69, 9.17) is 4.74 Å². The molecule has 0 aliphatic carbocycles. The third-order valence-corrected chi connectivity index (χ3v) is 3.27. The maximum absolute atomic E-state index is 11.6. The monoisotopic (exact) mass is 262 g/mol. The van der Waals surface area contributed by atoms with Crippen molar-refractivity contribution in [2.75, 3.05) is 30.4 Å². The highest BCUT2D eigenvalue weighted by molar-refractivity contribution is 5.92. The molecule has 1 aromatic rings. The Kier molecular flexibility index (Phi) is 4.80. The second kappa shape index (κ2) is 6.57. The molecule has 0 bridgehead atoms. The zero-order valence-corrected chi connectivity index (χ0v) is 11.6. The Morgan fingerprint density at radius 2 is 2.21 bits per heavy atom. The van der Waals surface area contributed by atoms with Crippen molar-refractivity contribution in [1.82, 2.24) is 0 Å². The number of benzene rings is 1. The number of carbonyl (C=O) groups is 1. The molecule has 1 saturated heterocycles. The van der Waals surface area contributed by atoms with E-state index in [1.54, 1.807) is 0 Å². The maximum Gasteiger partial charge on any atom is 0.226 e. The first-order chi connectivity index (χ1) is 9.15. The lowest BCUT2D eigenvalue weighted by Gasteiger charge is -2.13. The van der Waals surface area contributed by atoms with Gasteiger partial charge >= 0.3 is 0 Å². The Bertz CT molecular complexity index is 426. The lowest BCUT2D eigenvalue weighted by Crippen LogP contribution is -2.18. The molecule has 0 radical (unpaired) electrons. The standard InChI is InChI=1S/C15H22N2O2/c1-11(2)15(18)17-14-5-3-4-13(8-14)16-9-12-6-7-19-10-12/h3-5,8,11-12,16H,6-7,9-10H2,1-2H3,(H,17,18). The molecule has 104 valence electrons. The van der Waals surface area contributed by atoms with E-state index < -0.39 is 0 Å². The predicted octanol–water partition coefficient (Wildman–Crippen LogP) is 2.73. The van der Waals surface area contributed by atoms with Gasteiger partial charge in [-0.05, 0) is 24.6 Å². The Hall–Kier alpha value is -1.55. The van der Waals surface area contributed by atoms with Crippen molar-refractivity contribution in [3.63, 3.8) is 0 Å². The van der Waals surface area contributed by atoms with Crippen LogP contribution in [-0.2, 0) is 9.53 Å². The highest BCUT2D eigenvalue weighted by Crippen LogP contribution is 2.18. The average Bonchev–Trinajstić information content (AvgIpc) is 2.90. The molecular weight excluding hydrogens is 240 g/mol. The van der Waals surface area contributed by atoms with Crippen LogP contribution >= 0.6 is 0 Å². The molecule has 0 aromatic heterocycles. The fraction of sp³-hybridized carbons (Fsp3) is 0.533. The summed E-state index contributed by atoms with van der Waals surface area (Å²) >= 11 is 0. The zero-order chi connectivity index (χ0) is 13.7. The summed E-state index contributed by atoms with van der Waals surface area (Å²) in [4.78, 5) is 11.6. The van der Waals surface area contributed by atoms with Crippen LogP contribution < -0.4 is 10.6 Å². The van der Waals surface area contributed by atoms with E-state index in [1.807, 2.05) is 38.1 Å². The van der Waals surface area contributed by atoms with Crippen LogP contribution in [0.4, 0.5) is 11.4 Å². The van der Waals surface area contributed by atoms with Gasteiger partial charge in [0.2, 0.25) is 5.91 Å². The van der Waals surface area contributed by atoms with E-state index in [1.165, 1.54) is 0 Å². The molecule has 4 heteroatoms. The molecule has 2 rings (SSSR count). The molecule has 1 aromatic carbocycles. The lowest BCUT2D eigenvalue weighted by atomic mass is 10.1. The number of hydrogen-bond acceptors (Lipinski definition) is 3. The summed E-state index contributed by atoms with van der Waals surface area (Å²) in [6, 6.07) is 7.84.